The lowest BCUT2D eigenvalue weighted by Gasteiger charge is -2.31. The first kappa shape index (κ1) is 16.5. The average molecular weight is 350 g/mol. The number of carbonyl (C=O) groups excluding carboxylic acids is 1. The molecule has 7 heteroatoms. The van der Waals surface area contributed by atoms with E-state index in [-0.39, 0.29) is 5.91 Å². The Kier molecular flexibility index (Phi) is 4.28. The number of fused-ring (bicyclic) bond motifs is 1. The summed E-state index contributed by atoms with van der Waals surface area (Å²) in [7, 11) is 0. The van der Waals surface area contributed by atoms with Crippen LogP contribution in [0, 0.1) is 12.8 Å². The maximum Gasteiger partial charge on any atom is 0.275 e. The van der Waals surface area contributed by atoms with Gasteiger partial charge in [-0.25, -0.2) is 15.0 Å². The highest BCUT2D eigenvalue weighted by Crippen LogP contribution is 2.22. The van der Waals surface area contributed by atoms with Gasteiger partial charge in [0.05, 0.1) is 5.69 Å². The van der Waals surface area contributed by atoms with Gasteiger partial charge < -0.3 is 10.2 Å². The Bertz CT molecular complexity index is 942. The van der Waals surface area contributed by atoms with Gasteiger partial charge in [0.25, 0.3) is 5.91 Å². The average Bonchev–Trinajstić information content (AvgIpc) is 2.98. The molecule has 26 heavy (non-hydrogen) atoms. The highest BCUT2D eigenvalue weighted by atomic mass is 16.2. The molecular formula is C19H22N6O. The van der Waals surface area contributed by atoms with Gasteiger partial charge in [0.2, 0.25) is 0 Å². The van der Waals surface area contributed by atoms with Gasteiger partial charge in [0.1, 0.15) is 29.3 Å². The molecule has 1 aliphatic rings. The maximum atomic E-state index is 12.8. The number of carbonyl (C=O) groups is 1. The van der Waals surface area contributed by atoms with Crippen molar-refractivity contribution in [3.8, 4) is 0 Å². The third-order valence-corrected chi connectivity index (χ3v) is 4.92. The Balaban J connectivity index is 1.56. The van der Waals surface area contributed by atoms with Crippen molar-refractivity contribution >= 4 is 23.2 Å². The smallest absolute Gasteiger partial charge is 0.275 e. The molecule has 0 unspecified atom stereocenters. The third-order valence-electron chi connectivity index (χ3n) is 4.92. The van der Waals surface area contributed by atoms with E-state index in [0.717, 1.165) is 43.3 Å². The van der Waals surface area contributed by atoms with Crippen molar-refractivity contribution in [3.63, 3.8) is 0 Å². The maximum absolute atomic E-state index is 12.8. The van der Waals surface area contributed by atoms with E-state index in [9.17, 15) is 4.79 Å². The van der Waals surface area contributed by atoms with Crippen LogP contribution < -0.4 is 10.2 Å². The molecule has 0 saturated carbocycles. The lowest BCUT2D eigenvalue weighted by molar-refractivity contribution is 0.102. The van der Waals surface area contributed by atoms with E-state index in [1.165, 1.54) is 6.33 Å². The lowest BCUT2D eigenvalue weighted by atomic mass is 9.99. The molecule has 1 fully saturated rings. The number of pyridine rings is 1. The molecule has 1 N–H and O–H groups in total. The standard InChI is InChI=1S/C19H22N6O/c1-13-6-9-24(10-7-13)17-11-15(20-12-21-17)23-19(26)18-14(2)22-16-5-3-4-8-25(16)18/h3-5,8,11-13H,6-7,9-10H2,1-2H3,(H,20,21,23,26). The van der Waals surface area contributed by atoms with Crippen LogP contribution in [-0.2, 0) is 0 Å². The van der Waals surface area contributed by atoms with E-state index >= 15 is 0 Å². The van der Waals surface area contributed by atoms with Crippen LogP contribution in [0.4, 0.5) is 11.6 Å². The van der Waals surface area contributed by atoms with E-state index in [4.69, 9.17) is 0 Å². The number of hydrogen-bond acceptors (Lipinski definition) is 5. The molecule has 0 radical (unpaired) electrons. The molecule has 134 valence electrons. The number of imidazole rings is 1. The Morgan fingerprint density at radius 2 is 2.04 bits per heavy atom. The first-order chi connectivity index (χ1) is 12.6. The number of aromatic nitrogens is 4. The fourth-order valence-electron chi connectivity index (χ4n) is 3.39. The van der Waals surface area contributed by atoms with Crippen LogP contribution in [0.3, 0.4) is 0 Å². The Morgan fingerprint density at radius 3 is 2.85 bits per heavy atom. The van der Waals surface area contributed by atoms with Crippen LogP contribution in [0.1, 0.15) is 35.9 Å². The van der Waals surface area contributed by atoms with Gasteiger partial charge in [-0.1, -0.05) is 13.0 Å². The van der Waals surface area contributed by atoms with Crippen molar-refractivity contribution in [2.45, 2.75) is 26.7 Å². The molecule has 1 saturated heterocycles. The molecule has 0 bridgehead atoms. The fourth-order valence-corrected chi connectivity index (χ4v) is 3.39. The molecule has 0 atom stereocenters. The van der Waals surface area contributed by atoms with Gasteiger partial charge in [-0.05, 0) is 37.8 Å². The predicted octanol–water partition coefficient (Wildman–Crippen LogP) is 2.92. The van der Waals surface area contributed by atoms with E-state index in [1.54, 1.807) is 4.40 Å². The number of rotatable bonds is 3. The van der Waals surface area contributed by atoms with Crippen molar-refractivity contribution < 1.29 is 4.79 Å². The summed E-state index contributed by atoms with van der Waals surface area (Å²) in [4.78, 5) is 28.1. The summed E-state index contributed by atoms with van der Waals surface area (Å²) in [5.41, 5.74) is 1.96. The first-order valence-corrected chi connectivity index (χ1v) is 8.94. The summed E-state index contributed by atoms with van der Waals surface area (Å²) in [6, 6.07) is 7.50. The quantitative estimate of drug-likeness (QED) is 0.786. The number of nitrogens with zero attached hydrogens (tertiary/aromatic N) is 5. The van der Waals surface area contributed by atoms with Crippen LogP contribution in [0.15, 0.2) is 36.8 Å². The number of aryl methyl sites for hydroxylation is 1. The van der Waals surface area contributed by atoms with Gasteiger partial charge in [-0.2, -0.15) is 0 Å². The van der Waals surface area contributed by atoms with Crippen molar-refractivity contribution in [2.75, 3.05) is 23.3 Å². The summed E-state index contributed by atoms with van der Waals surface area (Å²) in [6.45, 7) is 6.08. The van der Waals surface area contributed by atoms with Gasteiger partial charge >= 0.3 is 0 Å². The monoisotopic (exact) mass is 350 g/mol. The highest BCUT2D eigenvalue weighted by Gasteiger charge is 2.19. The number of nitrogens with one attached hydrogen (secondary N) is 1. The second kappa shape index (κ2) is 6.74. The van der Waals surface area contributed by atoms with Crippen LogP contribution in [-0.4, -0.2) is 38.3 Å². The normalized spacial score (nSPS) is 15.4. The second-order valence-corrected chi connectivity index (χ2v) is 6.86. The van der Waals surface area contributed by atoms with Gasteiger partial charge in [-0.15, -0.1) is 0 Å². The number of piperidine rings is 1. The van der Waals surface area contributed by atoms with Crippen molar-refractivity contribution in [2.24, 2.45) is 5.92 Å². The zero-order valence-electron chi connectivity index (χ0n) is 15.0. The molecule has 4 heterocycles. The lowest BCUT2D eigenvalue weighted by Crippen LogP contribution is -2.33. The highest BCUT2D eigenvalue weighted by molar-refractivity contribution is 6.04. The molecule has 1 aliphatic heterocycles. The number of anilines is 2. The summed E-state index contributed by atoms with van der Waals surface area (Å²) < 4.78 is 1.79. The molecule has 0 aliphatic carbocycles. The van der Waals surface area contributed by atoms with Crippen LogP contribution in [0.5, 0.6) is 0 Å². The summed E-state index contributed by atoms with van der Waals surface area (Å²) in [6.07, 6.45) is 5.66. The Morgan fingerprint density at radius 1 is 1.23 bits per heavy atom. The van der Waals surface area contributed by atoms with Crippen molar-refractivity contribution in [1.82, 2.24) is 19.4 Å². The topological polar surface area (TPSA) is 75.4 Å². The summed E-state index contributed by atoms with van der Waals surface area (Å²) in [5.74, 6) is 1.89. The molecule has 0 aromatic carbocycles. The van der Waals surface area contributed by atoms with Gasteiger partial charge in [0.15, 0.2) is 0 Å². The SMILES string of the molecule is Cc1nc2ccccn2c1C(=O)Nc1cc(N2CCC(C)CC2)ncn1. The van der Waals surface area contributed by atoms with E-state index in [1.807, 2.05) is 37.4 Å². The predicted molar refractivity (Wildman–Crippen MR) is 101 cm³/mol. The molecule has 3 aromatic rings. The number of hydrogen-bond donors (Lipinski definition) is 1. The minimum atomic E-state index is -0.224. The number of amides is 1. The minimum Gasteiger partial charge on any atom is -0.356 e. The molecule has 1 amide bonds. The van der Waals surface area contributed by atoms with Gasteiger partial charge in [0, 0.05) is 25.4 Å². The van der Waals surface area contributed by atoms with Gasteiger partial charge in [-0.3, -0.25) is 9.20 Å². The molecule has 7 nitrogen and oxygen atoms in total. The van der Waals surface area contributed by atoms with Crippen molar-refractivity contribution in [1.29, 1.82) is 0 Å². The summed E-state index contributed by atoms with van der Waals surface area (Å²) in [5, 5.41) is 2.89. The Labute approximate surface area is 152 Å². The third kappa shape index (κ3) is 3.12. The zero-order chi connectivity index (χ0) is 18.1. The largest absolute Gasteiger partial charge is 0.356 e. The molecule has 4 rings (SSSR count). The minimum absolute atomic E-state index is 0.224. The molecule has 3 aromatic heterocycles. The second-order valence-electron chi connectivity index (χ2n) is 6.86. The molecular weight excluding hydrogens is 328 g/mol. The zero-order valence-corrected chi connectivity index (χ0v) is 15.0. The van der Waals surface area contributed by atoms with E-state index < -0.39 is 0 Å². The van der Waals surface area contributed by atoms with E-state index in [0.29, 0.717) is 17.2 Å². The fraction of sp³-hybridized carbons (Fsp3) is 0.368. The summed E-state index contributed by atoms with van der Waals surface area (Å²) >= 11 is 0. The van der Waals surface area contributed by atoms with Crippen molar-refractivity contribution in [3.05, 3.63) is 48.2 Å². The van der Waals surface area contributed by atoms with Crippen LogP contribution >= 0.6 is 0 Å². The first-order valence-electron chi connectivity index (χ1n) is 8.94. The Hall–Kier alpha value is -2.96. The van der Waals surface area contributed by atoms with E-state index in [2.05, 4.69) is 32.1 Å². The molecule has 0 spiro atoms. The van der Waals surface area contributed by atoms with Crippen LogP contribution in [0.2, 0.25) is 0 Å². The van der Waals surface area contributed by atoms with Crippen LogP contribution in [0.25, 0.3) is 5.65 Å².